The van der Waals surface area contributed by atoms with Gasteiger partial charge in [-0.05, 0) is 41.6 Å². The molecule has 0 atom stereocenters. The van der Waals surface area contributed by atoms with Gasteiger partial charge in [0.1, 0.15) is 0 Å². The number of para-hydroxylation sites is 1. The van der Waals surface area contributed by atoms with Crippen molar-refractivity contribution in [2.24, 2.45) is 0 Å². The molecule has 0 radical (unpaired) electrons. The summed E-state index contributed by atoms with van der Waals surface area (Å²) < 4.78 is 2.51. The minimum atomic E-state index is 0.294. The van der Waals surface area contributed by atoms with Gasteiger partial charge in [0.15, 0.2) is 0 Å². The van der Waals surface area contributed by atoms with Crippen LogP contribution in [0.15, 0.2) is 101 Å². The standard InChI is InChI=1S/C27H18BNS/c1-17-25(18-9-3-2-4-10-18)19-11-7-13-21-27(19)29(17)22-14-8-16-24-26(22)28(21)20-12-5-6-15-23(20)30-24/h2-16H,1H3. The minimum absolute atomic E-state index is 0.294. The van der Waals surface area contributed by atoms with Crippen molar-refractivity contribution < 1.29 is 0 Å². The molecule has 0 spiro atoms. The molecule has 1 nitrogen and oxygen atoms in total. The Hall–Kier alpha value is -3.17. The first-order valence-electron chi connectivity index (χ1n) is 10.4. The smallest absolute Gasteiger partial charge is 0.249 e. The highest BCUT2D eigenvalue weighted by Crippen LogP contribution is 2.40. The largest absolute Gasteiger partial charge is 0.314 e. The Kier molecular flexibility index (Phi) is 3.28. The molecular formula is C27H18BNS. The van der Waals surface area contributed by atoms with Crippen LogP contribution in [0.2, 0.25) is 0 Å². The molecule has 0 aliphatic carbocycles. The summed E-state index contributed by atoms with van der Waals surface area (Å²) in [4.78, 5) is 2.76. The number of benzene rings is 4. The van der Waals surface area contributed by atoms with Crippen LogP contribution in [0.25, 0.3) is 27.7 Å². The van der Waals surface area contributed by atoms with E-state index in [1.807, 2.05) is 11.8 Å². The van der Waals surface area contributed by atoms with Crippen molar-refractivity contribution in [3.05, 3.63) is 96.7 Å². The third kappa shape index (κ3) is 2.01. The number of rotatable bonds is 1. The lowest BCUT2D eigenvalue weighted by molar-refractivity contribution is 1.05. The quantitative estimate of drug-likeness (QED) is 0.356. The average molecular weight is 399 g/mol. The maximum atomic E-state index is 2.51. The molecule has 3 heterocycles. The molecule has 0 saturated carbocycles. The molecule has 0 bridgehead atoms. The molecule has 30 heavy (non-hydrogen) atoms. The van der Waals surface area contributed by atoms with Gasteiger partial charge in [-0.15, -0.1) is 0 Å². The number of hydrogen-bond donors (Lipinski definition) is 0. The summed E-state index contributed by atoms with van der Waals surface area (Å²) in [6.45, 7) is 2.57. The van der Waals surface area contributed by atoms with Crippen molar-refractivity contribution in [3.8, 4) is 16.8 Å². The maximum Gasteiger partial charge on any atom is 0.249 e. The van der Waals surface area contributed by atoms with Gasteiger partial charge < -0.3 is 4.57 Å². The van der Waals surface area contributed by atoms with Gasteiger partial charge in [-0.25, -0.2) is 0 Å². The van der Waals surface area contributed by atoms with Gasteiger partial charge in [-0.1, -0.05) is 90.0 Å². The third-order valence-electron chi connectivity index (χ3n) is 6.65. The molecule has 1 aromatic heterocycles. The highest BCUT2D eigenvalue weighted by atomic mass is 32.2. The van der Waals surface area contributed by atoms with Crippen LogP contribution in [-0.2, 0) is 0 Å². The van der Waals surface area contributed by atoms with Crippen LogP contribution in [0.5, 0.6) is 0 Å². The number of aromatic nitrogens is 1. The van der Waals surface area contributed by atoms with E-state index in [1.54, 1.807) is 0 Å². The second-order valence-electron chi connectivity index (χ2n) is 8.17. The fourth-order valence-corrected chi connectivity index (χ4v) is 6.67. The monoisotopic (exact) mass is 399 g/mol. The zero-order chi connectivity index (χ0) is 19.8. The third-order valence-corrected chi connectivity index (χ3v) is 7.82. The van der Waals surface area contributed by atoms with Crippen LogP contribution in [0.4, 0.5) is 0 Å². The highest BCUT2D eigenvalue weighted by Gasteiger charge is 2.39. The second-order valence-corrected chi connectivity index (χ2v) is 9.25. The lowest BCUT2D eigenvalue weighted by atomic mass is 9.35. The topological polar surface area (TPSA) is 4.93 Å². The Morgan fingerprint density at radius 1 is 0.700 bits per heavy atom. The van der Waals surface area contributed by atoms with Crippen LogP contribution >= 0.6 is 11.8 Å². The van der Waals surface area contributed by atoms with E-state index < -0.39 is 0 Å². The molecule has 0 amide bonds. The molecule has 0 fully saturated rings. The van der Waals surface area contributed by atoms with Crippen molar-refractivity contribution in [1.82, 2.24) is 4.57 Å². The predicted octanol–water partition coefficient (Wildman–Crippen LogP) is 4.90. The summed E-state index contributed by atoms with van der Waals surface area (Å²) in [5.74, 6) is 0. The van der Waals surface area contributed by atoms with Gasteiger partial charge in [-0.3, -0.25) is 0 Å². The molecule has 2 aliphatic heterocycles. The van der Waals surface area contributed by atoms with Crippen molar-refractivity contribution in [2.45, 2.75) is 16.7 Å². The Morgan fingerprint density at radius 2 is 1.43 bits per heavy atom. The Morgan fingerprint density at radius 3 is 2.33 bits per heavy atom. The van der Waals surface area contributed by atoms with Crippen LogP contribution in [-0.4, -0.2) is 11.3 Å². The summed E-state index contributed by atoms with van der Waals surface area (Å²) in [6.07, 6.45) is 0. The highest BCUT2D eigenvalue weighted by molar-refractivity contribution is 8.00. The van der Waals surface area contributed by atoms with E-state index in [1.165, 1.54) is 59.6 Å². The molecular weight excluding hydrogens is 381 g/mol. The summed E-state index contributed by atoms with van der Waals surface area (Å²) in [6, 6.07) is 33.4. The average Bonchev–Trinajstić information content (AvgIpc) is 3.10. The molecule has 140 valence electrons. The van der Waals surface area contributed by atoms with Crippen molar-refractivity contribution in [3.63, 3.8) is 0 Å². The molecule has 4 aromatic carbocycles. The molecule has 7 rings (SSSR count). The van der Waals surface area contributed by atoms with Crippen LogP contribution in [0.1, 0.15) is 5.69 Å². The van der Waals surface area contributed by atoms with Crippen molar-refractivity contribution in [1.29, 1.82) is 0 Å². The summed E-state index contributed by atoms with van der Waals surface area (Å²) >= 11 is 1.91. The maximum absolute atomic E-state index is 2.51. The number of hydrogen-bond acceptors (Lipinski definition) is 1. The minimum Gasteiger partial charge on any atom is -0.314 e. The van der Waals surface area contributed by atoms with Crippen LogP contribution in [0, 0.1) is 6.92 Å². The van der Waals surface area contributed by atoms with Crippen LogP contribution in [0.3, 0.4) is 0 Å². The summed E-state index contributed by atoms with van der Waals surface area (Å²) in [5.41, 5.74) is 11.0. The summed E-state index contributed by atoms with van der Waals surface area (Å²) in [7, 11) is 0. The Balaban J connectivity index is 1.67. The van der Waals surface area contributed by atoms with Gasteiger partial charge >= 0.3 is 0 Å². The zero-order valence-electron chi connectivity index (χ0n) is 16.6. The molecule has 5 aromatic rings. The normalized spacial score (nSPS) is 13.3. The van der Waals surface area contributed by atoms with Crippen molar-refractivity contribution >= 4 is 45.8 Å². The predicted molar refractivity (Wildman–Crippen MR) is 129 cm³/mol. The van der Waals surface area contributed by atoms with Gasteiger partial charge in [-0.2, -0.15) is 0 Å². The first-order chi connectivity index (χ1) is 14.8. The van der Waals surface area contributed by atoms with E-state index in [9.17, 15) is 0 Å². The Labute approximate surface area is 180 Å². The van der Waals surface area contributed by atoms with Gasteiger partial charge in [0.25, 0.3) is 0 Å². The van der Waals surface area contributed by atoms with Gasteiger partial charge in [0, 0.05) is 37.6 Å². The molecule has 3 heteroatoms. The molecule has 0 N–H and O–H groups in total. The number of fused-ring (bicyclic) bond motifs is 4. The van der Waals surface area contributed by atoms with E-state index in [0.717, 1.165) is 0 Å². The second kappa shape index (κ2) is 5.93. The van der Waals surface area contributed by atoms with Gasteiger partial charge in [0.2, 0.25) is 6.71 Å². The van der Waals surface area contributed by atoms with E-state index in [-0.39, 0.29) is 0 Å². The fraction of sp³-hybridized carbons (Fsp3) is 0.0370. The lowest BCUT2D eigenvalue weighted by Gasteiger charge is -2.33. The van der Waals surface area contributed by atoms with Crippen LogP contribution < -0.4 is 16.4 Å². The SMILES string of the molecule is Cc1c(-c2ccccc2)c2cccc3c2n1-c1cccc2c1B3c1ccccc1S2. The first-order valence-corrected chi connectivity index (χ1v) is 11.2. The first kappa shape index (κ1) is 16.6. The molecule has 0 saturated heterocycles. The molecule has 0 unspecified atom stereocenters. The zero-order valence-corrected chi connectivity index (χ0v) is 17.4. The van der Waals surface area contributed by atoms with Crippen molar-refractivity contribution in [2.75, 3.05) is 0 Å². The van der Waals surface area contributed by atoms with E-state index >= 15 is 0 Å². The van der Waals surface area contributed by atoms with E-state index in [4.69, 9.17) is 0 Å². The van der Waals surface area contributed by atoms with E-state index in [2.05, 4.69) is 102 Å². The van der Waals surface area contributed by atoms with Gasteiger partial charge in [0.05, 0.1) is 0 Å². The number of nitrogens with zero attached hydrogens (tertiary/aromatic N) is 1. The Bertz CT molecular complexity index is 1480. The van der Waals surface area contributed by atoms with E-state index in [0.29, 0.717) is 6.71 Å². The lowest BCUT2D eigenvalue weighted by Crippen LogP contribution is -2.58. The molecule has 2 aliphatic rings. The summed E-state index contributed by atoms with van der Waals surface area (Å²) in [5, 5.41) is 1.35. The fourth-order valence-electron chi connectivity index (χ4n) is 5.51.